The van der Waals surface area contributed by atoms with Crippen molar-refractivity contribution in [1.82, 2.24) is 5.32 Å². The van der Waals surface area contributed by atoms with Crippen LogP contribution in [0.4, 0.5) is 18.9 Å². The summed E-state index contributed by atoms with van der Waals surface area (Å²) < 4.78 is 38.9. The van der Waals surface area contributed by atoms with E-state index in [1.165, 1.54) is 0 Å². The molecule has 0 aliphatic rings. The highest BCUT2D eigenvalue weighted by Crippen LogP contribution is 2.33. The number of carbonyl (C=O) groups is 1. The van der Waals surface area contributed by atoms with Crippen molar-refractivity contribution in [2.75, 3.05) is 11.9 Å². The fourth-order valence-electron chi connectivity index (χ4n) is 2.15. The Morgan fingerprint density at radius 3 is 2.46 bits per heavy atom. The van der Waals surface area contributed by atoms with Crippen LogP contribution >= 0.6 is 0 Å². The molecule has 0 heterocycles. The van der Waals surface area contributed by atoms with Crippen LogP contribution in [0.3, 0.4) is 0 Å². The summed E-state index contributed by atoms with van der Waals surface area (Å²) in [6, 6.07) is 11.2. The van der Waals surface area contributed by atoms with Crippen LogP contribution in [0, 0.1) is 0 Å². The lowest BCUT2D eigenvalue weighted by atomic mass is 10.1. The Kier molecular flexibility index (Phi) is 5.33. The second-order valence-electron chi connectivity index (χ2n) is 5.35. The average molecular weight is 338 g/mol. The first-order valence-corrected chi connectivity index (χ1v) is 7.27. The summed E-state index contributed by atoms with van der Waals surface area (Å²) in [5.41, 5.74) is -0.845. The van der Waals surface area contributed by atoms with E-state index in [1.54, 1.807) is 6.92 Å². The molecule has 4 nitrogen and oxygen atoms in total. The first kappa shape index (κ1) is 17.7. The Labute approximate surface area is 137 Å². The minimum Gasteiger partial charge on any atom is -0.508 e. The van der Waals surface area contributed by atoms with Gasteiger partial charge >= 0.3 is 6.18 Å². The zero-order chi connectivity index (χ0) is 17.7. The number of alkyl halides is 3. The molecule has 7 heteroatoms. The van der Waals surface area contributed by atoms with Crippen molar-refractivity contribution in [1.29, 1.82) is 0 Å². The molecule has 0 aliphatic heterocycles. The minimum absolute atomic E-state index is 0.343. The number of benzene rings is 2. The monoisotopic (exact) mass is 338 g/mol. The standard InChI is InChI=1S/C17H17F3N2O2/c1-11(10-21-12-5-3-2-4-6-12)22-16(24)14-9-13(23)7-8-15(14)17(18,19)20/h2-9,11,21,23H,10H2,1H3,(H,22,24)/t11-/m0/s1. The average Bonchev–Trinajstić information content (AvgIpc) is 2.52. The number of hydrogen-bond donors (Lipinski definition) is 3. The first-order valence-electron chi connectivity index (χ1n) is 7.27. The minimum atomic E-state index is -4.67. The van der Waals surface area contributed by atoms with Crippen molar-refractivity contribution in [2.24, 2.45) is 0 Å². The van der Waals surface area contributed by atoms with Crippen LogP contribution in [-0.2, 0) is 6.18 Å². The number of carbonyl (C=O) groups excluding carboxylic acids is 1. The Bertz CT molecular complexity index is 703. The molecule has 1 atom stereocenters. The third kappa shape index (κ3) is 4.65. The Hall–Kier alpha value is -2.70. The van der Waals surface area contributed by atoms with E-state index >= 15 is 0 Å². The molecule has 0 aromatic heterocycles. The molecule has 0 radical (unpaired) electrons. The van der Waals surface area contributed by atoms with Gasteiger partial charge in [-0.05, 0) is 37.3 Å². The molecule has 0 spiro atoms. The van der Waals surface area contributed by atoms with Gasteiger partial charge in [0.15, 0.2) is 0 Å². The molecule has 0 unspecified atom stereocenters. The molecule has 2 aromatic rings. The van der Waals surface area contributed by atoms with Crippen LogP contribution in [-0.4, -0.2) is 23.6 Å². The Morgan fingerprint density at radius 2 is 1.83 bits per heavy atom. The molecular formula is C17H17F3N2O2. The zero-order valence-corrected chi connectivity index (χ0v) is 12.9. The lowest BCUT2D eigenvalue weighted by Crippen LogP contribution is -2.38. The fraction of sp³-hybridized carbons (Fsp3) is 0.235. The van der Waals surface area contributed by atoms with Crippen LogP contribution in [0.2, 0.25) is 0 Å². The number of phenols is 1. The molecule has 2 rings (SSSR count). The number of rotatable bonds is 5. The number of aromatic hydroxyl groups is 1. The lowest BCUT2D eigenvalue weighted by Gasteiger charge is -2.18. The van der Waals surface area contributed by atoms with Gasteiger partial charge < -0.3 is 15.7 Å². The maximum Gasteiger partial charge on any atom is 0.417 e. The van der Waals surface area contributed by atoms with Crippen LogP contribution in [0.5, 0.6) is 5.75 Å². The number of nitrogens with one attached hydrogen (secondary N) is 2. The zero-order valence-electron chi connectivity index (χ0n) is 12.9. The van der Waals surface area contributed by atoms with E-state index < -0.39 is 35.0 Å². The van der Waals surface area contributed by atoms with Gasteiger partial charge in [-0.3, -0.25) is 4.79 Å². The largest absolute Gasteiger partial charge is 0.508 e. The van der Waals surface area contributed by atoms with E-state index in [1.807, 2.05) is 30.3 Å². The lowest BCUT2D eigenvalue weighted by molar-refractivity contribution is -0.137. The SMILES string of the molecule is C[C@@H](CNc1ccccc1)NC(=O)c1cc(O)ccc1C(F)(F)F. The van der Waals surface area contributed by atoms with Gasteiger partial charge in [0.05, 0.1) is 11.1 Å². The second-order valence-corrected chi connectivity index (χ2v) is 5.35. The van der Waals surface area contributed by atoms with Crippen molar-refractivity contribution in [3.8, 4) is 5.75 Å². The Balaban J connectivity index is 2.05. The highest BCUT2D eigenvalue weighted by atomic mass is 19.4. The summed E-state index contributed by atoms with van der Waals surface area (Å²) in [5.74, 6) is -1.29. The van der Waals surface area contributed by atoms with Gasteiger partial charge in [0.2, 0.25) is 0 Å². The molecule has 0 fully saturated rings. The molecule has 0 saturated carbocycles. The molecule has 3 N–H and O–H groups in total. The molecule has 1 amide bonds. The van der Waals surface area contributed by atoms with Gasteiger partial charge in [0.25, 0.3) is 5.91 Å². The molecule has 0 saturated heterocycles. The topological polar surface area (TPSA) is 61.4 Å². The predicted octanol–water partition coefficient (Wildman–Crippen LogP) is 3.64. The fourth-order valence-corrected chi connectivity index (χ4v) is 2.15. The van der Waals surface area contributed by atoms with Crippen molar-refractivity contribution < 1.29 is 23.1 Å². The number of anilines is 1. The van der Waals surface area contributed by atoms with Crippen molar-refractivity contribution in [2.45, 2.75) is 19.1 Å². The summed E-state index contributed by atoms with van der Waals surface area (Å²) in [6.45, 7) is 2.01. The normalized spacial score (nSPS) is 12.5. The van der Waals surface area contributed by atoms with Gasteiger partial charge in [-0.25, -0.2) is 0 Å². The van der Waals surface area contributed by atoms with E-state index in [2.05, 4.69) is 10.6 Å². The van der Waals surface area contributed by atoms with E-state index in [9.17, 15) is 23.1 Å². The molecule has 2 aromatic carbocycles. The van der Waals surface area contributed by atoms with Crippen LogP contribution in [0.25, 0.3) is 0 Å². The van der Waals surface area contributed by atoms with Crippen LogP contribution < -0.4 is 10.6 Å². The molecular weight excluding hydrogens is 321 g/mol. The van der Waals surface area contributed by atoms with Crippen molar-refractivity contribution in [3.05, 3.63) is 59.7 Å². The predicted molar refractivity (Wildman–Crippen MR) is 85.0 cm³/mol. The number of phenolic OH excluding ortho intramolecular Hbond substituents is 1. The van der Waals surface area contributed by atoms with Gasteiger partial charge in [0, 0.05) is 18.3 Å². The summed E-state index contributed by atoms with van der Waals surface area (Å²) in [6.07, 6.45) is -4.67. The maximum atomic E-state index is 13.0. The smallest absolute Gasteiger partial charge is 0.417 e. The highest BCUT2D eigenvalue weighted by molar-refractivity contribution is 5.96. The molecule has 128 valence electrons. The van der Waals surface area contributed by atoms with Gasteiger partial charge in [0.1, 0.15) is 5.75 Å². The maximum absolute atomic E-state index is 13.0. The van der Waals surface area contributed by atoms with E-state index in [0.29, 0.717) is 12.6 Å². The summed E-state index contributed by atoms with van der Waals surface area (Å²) >= 11 is 0. The third-order valence-corrected chi connectivity index (χ3v) is 3.32. The van der Waals surface area contributed by atoms with Crippen molar-refractivity contribution in [3.63, 3.8) is 0 Å². The summed E-state index contributed by atoms with van der Waals surface area (Å²) in [4.78, 5) is 12.1. The van der Waals surface area contributed by atoms with Crippen LogP contribution in [0.15, 0.2) is 48.5 Å². The Morgan fingerprint density at radius 1 is 1.17 bits per heavy atom. The molecule has 0 aliphatic carbocycles. The van der Waals surface area contributed by atoms with E-state index in [4.69, 9.17) is 0 Å². The highest BCUT2D eigenvalue weighted by Gasteiger charge is 2.35. The van der Waals surface area contributed by atoms with Crippen molar-refractivity contribution >= 4 is 11.6 Å². The number of para-hydroxylation sites is 1. The summed E-state index contributed by atoms with van der Waals surface area (Å²) in [5, 5.41) is 14.9. The van der Waals surface area contributed by atoms with Crippen LogP contribution in [0.1, 0.15) is 22.8 Å². The number of amides is 1. The van der Waals surface area contributed by atoms with Gasteiger partial charge in [-0.15, -0.1) is 0 Å². The summed E-state index contributed by atoms with van der Waals surface area (Å²) in [7, 11) is 0. The third-order valence-electron chi connectivity index (χ3n) is 3.32. The quantitative estimate of drug-likeness (QED) is 0.780. The number of halogens is 3. The van der Waals surface area contributed by atoms with Gasteiger partial charge in [-0.1, -0.05) is 18.2 Å². The first-order chi connectivity index (χ1) is 11.3. The van der Waals surface area contributed by atoms with Gasteiger partial charge in [-0.2, -0.15) is 13.2 Å². The van der Waals surface area contributed by atoms with E-state index in [-0.39, 0.29) is 0 Å². The molecule has 0 bridgehead atoms. The molecule has 24 heavy (non-hydrogen) atoms. The number of hydrogen-bond acceptors (Lipinski definition) is 3. The van der Waals surface area contributed by atoms with E-state index in [0.717, 1.165) is 17.8 Å². The second kappa shape index (κ2) is 7.25.